The van der Waals surface area contributed by atoms with Gasteiger partial charge in [0.05, 0.1) is 37.3 Å². The van der Waals surface area contributed by atoms with E-state index < -0.39 is 11.6 Å². The van der Waals surface area contributed by atoms with Gasteiger partial charge in [0.25, 0.3) is 5.91 Å². The van der Waals surface area contributed by atoms with Crippen molar-refractivity contribution in [1.29, 1.82) is 0 Å². The van der Waals surface area contributed by atoms with Gasteiger partial charge >= 0.3 is 5.97 Å². The first-order valence-corrected chi connectivity index (χ1v) is 9.83. The number of hydrogen-bond acceptors (Lipinski definition) is 6. The molecule has 156 valence electrons. The minimum atomic E-state index is -0.614. The Morgan fingerprint density at radius 2 is 1.73 bits per heavy atom. The zero-order valence-corrected chi connectivity index (χ0v) is 17.0. The highest BCUT2D eigenvalue weighted by Gasteiger charge is 2.44. The van der Waals surface area contributed by atoms with Crippen molar-refractivity contribution >= 4 is 17.7 Å². The monoisotopic (exact) mass is 409 g/mol. The molecule has 0 saturated carbocycles. The molecule has 0 aromatic heterocycles. The van der Waals surface area contributed by atoms with Crippen LogP contribution in [0.2, 0.25) is 0 Å². The van der Waals surface area contributed by atoms with Crippen molar-refractivity contribution in [1.82, 2.24) is 4.90 Å². The number of methoxy groups -OCH3 is 2. The van der Waals surface area contributed by atoms with Crippen LogP contribution in [0.25, 0.3) is 0 Å². The van der Waals surface area contributed by atoms with Crippen molar-refractivity contribution in [2.75, 3.05) is 27.3 Å². The summed E-state index contributed by atoms with van der Waals surface area (Å²) in [6.45, 7) is 0.875. The number of carbonyl (C=O) groups is 3. The topological polar surface area (TPSA) is 82.1 Å². The molecule has 2 aromatic carbocycles. The number of ketones is 1. The van der Waals surface area contributed by atoms with Crippen LogP contribution in [0.15, 0.2) is 42.5 Å². The van der Waals surface area contributed by atoms with Gasteiger partial charge in [-0.15, -0.1) is 0 Å². The molecule has 0 atom stereocenters. The van der Waals surface area contributed by atoms with Gasteiger partial charge in [-0.3, -0.25) is 9.59 Å². The molecule has 7 nitrogen and oxygen atoms in total. The molecule has 1 spiro atoms. The zero-order valence-electron chi connectivity index (χ0n) is 17.0. The molecule has 30 heavy (non-hydrogen) atoms. The van der Waals surface area contributed by atoms with E-state index in [9.17, 15) is 14.4 Å². The summed E-state index contributed by atoms with van der Waals surface area (Å²) in [6, 6.07) is 11.9. The number of fused-ring (bicyclic) bond motifs is 1. The second kappa shape index (κ2) is 7.82. The maximum Gasteiger partial charge on any atom is 0.338 e. The normalized spacial score (nSPS) is 17.1. The number of rotatable bonds is 3. The molecule has 1 fully saturated rings. The van der Waals surface area contributed by atoms with E-state index in [1.807, 2.05) is 0 Å². The number of benzene rings is 2. The number of carbonyl (C=O) groups excluding carboxylic acids is 3. The van der Waals surface area contributed by atoms with Gasteiger partial charge in [0.2, 0.25) is 0 Å². The minimum absolute atomic E-state index is 0.0194. The van der Waals surface area contributed by atoms with Crippen LogP contribution in [0.4, 0.5) is 0 Å². The average Bonchev–Trinajstić information content (AvgIpc) is 2.78. The summed E-state index contributed by atoms with van der Waals surface area (Å²) in [6.07, 6.45) is 1.35. The summed E-state index contributed by atoms with van der Waals surface area (Å²) in [5.74, 6) is 0.430. The smallest absolute Gasteiger partial charge is 0.338 e. The Labute approximate surface area is 174 Å². The van der Waals surface area contributed by atoms with Crippen molar-refractivity contribution in [3.63, 3.8) is 0 Å². The van der Waals surface area contributed by atoms with E-state index in [0.717, 1.165) is 0 Å². The molecule has 0 N–H and O–H groups in total. The quantitative estimate of drug-likeness (QED) is 0.725. The Balaban J connectivity index is 1.50. The molecule has 1 amide bonds. The van der Waals surface area contributed by atoms with Crippen LogP contribution in [0.1, 0.15) is 50.3 Å². The van der Waals surface area contributed by atoms with Crippen LogP contribution in [-0.2, 0) is 4.74 Å². The second-order valence-electron chi connectivity index (χ2n) is 7.58. The number of likely N-dealkylation sites (tertiary alicyclic amines) is 1. The van der Waals surface area contributed by atoms with E-state index in [1.54, 1.807) is 54.5 Å². The van der Waals surface area contributed by atoms with Crippen LogP contribution < -0.4 is 9.47 Å². The van der Waals surface area contributed by atoms with Gasteiger partial charge in [-0.05, 0) is 30.3 Å². The van der Waals surface area contributed by atoms with Gasteiger partial charge in [0.15, 0.2) is 5.78 Å². The molecular formula is C23H23NO6. The van der Waals surface area contributed by atoms with E-state index in [4.69, 9.17) is 14.2 Å². The fraction of sp³-hybridized carbons (Fsp3) is 0.348. The Morgan fingerprint density at radius 3 is 2.40 bits per heavy atom. The van der Waals surface area contributed by atoms with Crippen molar-refractivity contribution in [3.8, 4) is 11.5 Å². The highest BCUT2D eigenvalue weighted by Crippen LogP contribution is 2.40. The van der Waals surface area contributed by atoms with Gasteiger partial charge in [0, 0.05) is 25.9 Å². The van der Waals surface area contributed by atoms with Gasteiger partial charge in [0.1, 0.15) is 17.1 Å². The van der Waals surface area contributed by atoms with Crippen LogP contribution in [0, 0.1) is 0 Å². The minimum Gasteiger partial charge on any atom is -0.497 e. The van der Waals surface area contributed by atoms with Gasteiger partial charge in [-0.2, -0.15) is 0 Å². The van der Waals surface area contributed by atoms with Crippen molar-refractivity contribution < 1.29 is 28.6 Å². The molecular weight excluding hydrogens is 386 g/mol. The number of amides is 1. The predicted octanol–water partition coefficient (Wildman–Crippen LogP) is 3.12. The number of hydrogen-bond donors (Lipinski definition) is 0. The van der Waals surface area contributed by atoms with E-state index in [2.05, 4.69) is 0 Å². The average molecular weight is 409 g/mol. The summed E-state index contributed by atoms with van der Waals surface area (Å²) >= 11 is 0. The second-order valence-corrected chi connectivity index (χ2v) is 7.58. The van der Waals surface area contributed by atoms with Gasteiger partial charge < -0.3 is 19.1 Å². The molecule has 0 bridgehead atoms. The standard InChI is InChI=1S/C23H23NO6/c1-28-15-7-8-20-18(13-15)19(25)14-23(30-20)9-11-24(12-10-23)21(26)16-5-3-4-6-17(16)22(27)29-2/h3-8,13H,9-12,14H2,1-2H3. The van der Waals surface area contributed by atoms with E-state index in [0.29, 0.717) is 48.6 Å². The fourth-order valence-electron chi connectivity index (χ4n) is 4.12. The summed E-state index contributed by atoms with van der Waals surface area (Å²) in [4.78, 5) is 39.5. The van der Waals surface area contributed by atoms with Crippen LogP contribution in [0.3, 0.4) is 0 Å². The summed E-state index contributed by atoms with van der Waals surface area (Å²) in [5, 5.41) is 0. The molecule has 2 heterocycles. The first kappa shape index (κ1) is 19.9. The van der Waals surface area contributed by atoms with Crippen LogP contribution >= 0.6 is 0 Å². The van der Waals surface area contributed by atoms with E-state index in [-0.39, 0.29) is 23.7 Å². The molecule has 2 aliphatic rings. The molecule has 0 aliphatic carbocycles. The third kappa shape index (κ3) is 3.51. The SMILES string of the molecule is COC(=O)c1ccccc1C(=O)N1CCC2(CC1)CC(=O)c1cc(OC)ccc1O2. The van der Waals surface area contributed by atoms with E-state index in [1.165, 1.54) is 7.11 Å². The predicted molar refractivity (Wildman–Crippen MR) is 108 cm³/mol. The number of Topliss-reactive ketones (excluding diaryl/α,β-unsaturated/α-hetero) is 1. The Morgan fingerprint density at radius 1 is 1.03 bits per heavy atom. The lowest BCUT2D eigenvalue weighted by molar-refractivity contribution is -0.00587. The first-order valence-electron chi connectivity index (χ1n) is 9.83. The molecule has 7 heteroatoms. The fourth-order valence-corrected chi connectivity index (χ4v) is 4.12. The highest BCUT2D eigenvalue weighted by atomic mass is 16.5. The molecule has 2 aliphatic heterocycles. The summed E-state index contributed by atoms with van der Waals surface area (Å²) < 4.78 is 16.2. The van der Waals surface area contributed by atoms with Gasteiger partial charge in [-0.25, -0.2) is 4.79 Å². The third-order valence-corrected chi connectivity index (χ3v) is 5.82. The van der Waals surface area contributed by atoms with Crippen molar-refractivity contribution in [2.24, 2.45) is 0 Å². The lowest BCUT2D eigenvalue weighted by Gasteiger charge is -2.44. The lowest BCUT2D eigenvalue weighted by atomic mass is 9.82. The molecule has 0 radical (unpaired) electrons. The number of ether oxygens (including phenoxy) is 3. The Hall–Kier alpha value is -3.35. The number of esters is 1. The maximum absolute atomic E-state index is 13.0. The van der Waals surface area contributed by atoms with Crippen LogP contribution in [-0.4, -0.2) is 55.5 Å². The highest BCUT2D eigenvalue weighted by molar-refractivity contribution is 6.05. The maximum atomic E-state index is 13.0. The van der Waals surface area contributed by atoms with Crippen LogP contribution in [0.5, 0.6) is 11.5 Å². The Bertz CT molecular complexity index is 1010. The number of nitrogens with zero attached hydrogens (tertiary/aromatic N) is 1. The lowest BCUT2D eigenvalue weighted by Crippen LogP contribution is -2.52. The number of piperidine rings is 1. The van der Waals surface area contributed by atoms with E-state index >= 15 is 0 Å². The van der Waals surface area contributed by atoms with Gasteiger partial charge in [-0.1, -0.05) is 12.1 Å². The largest absolute Gasteiger partial charge is 0.497 e. The van der Waals surface area contributed by atoms with Crippen molar-refractivity contribution in [3.05, 3.63) is 59.2 Å². The Kier molecular flexibility index (Phi) is 5.20. The third-order valence-electron chi connectivity index (χ3n) is 5.82. The molecule has 4 rings (SSSR count). The summed E-state index contributed by atoms with van der Waals surface area (Å²) in [5.41, 5.74) is 0.484. The van der Waals surface area contributed by atoms with Crippen molar-refractivity contribution in [2.45, 2.75) is 24.9 Å². The molecule has 2 aromatic rings. The molecule has 0 unspecified atom stereocenters. The summed E-state index contributed by atoms with van der Waals surface area (Å²) in [7, 11) is 2.85. The molecule has 1 saturated heterocycles. The zero-order chi connectivity index (χ0) is 21.3. The first-order chi connectivity index (χ1) is 14.5.